The van der Waals surface area contributed by atoms with Gasteiger partial charge < -0.3 is 19.9 Å². The summed E-state index contributed by atoms with van der Waals surface area (Å²) >= 11 is 0. The molecular formula is C16H25NO3. The Hall–Kier alpha value is -1.26. The maximum absolute atomic E-state index is 5.87. The van der Waals surface area contributed by atoms with Crippen molar-refractivity contribution in [2.45, 2.75) is 44.8 Å². The van der Waals surface area contributed by atoms with Gasteiger partial charge in [0.25, 0.3) is 0 Å². The molecule has 20 heavy (non-hydrogen) atoms. The van der Waals surface area contributed by atoms with E-state index in [0.717, 1.165) is 36.5 Å². The molecule has 0 aliphatic carbocycles. The highest BCUT2D eigenvalue weighted by Gasteiger charge is 2.15. The zero-order chi connectivity index (χ0) is 14.4. The normalized spacial score (nSPS) is 19.9. The van der Waals surface area contributed by atoms with E-state index in [9.17, 15) is 0 Å². The van der Waals surface area contributed by atoms with E-state index in [4.69, 9.17) is 19.9 Å². The summed E-state index contributed by atoms with van der Waals surface area (Å²) < 4.78 is 16.8. The van der Waals surface area contributed by atoms with Gasteiger partial charge in [0.15, 0.2) is 11.5 Å². The molecular weight excluding hydrogens is 254 g/mol. The Morgan fingerprint density at radius 3 is 2.90 bits per heavy atom. The smallest absolute Gasteiger partial charge is 0.161 e. The molecule has 2 atom stereocenters. The Balaban J connectivity index is 1.82. The lowest BCUT2D eigenvalue weighted by atomic mass is 10.1. The van der Waals surface area contributed by atoms with Crippen LogP contribution in [0.2, 0.25) is 0 Å². The summed E-state index contributed by atoms with van der Waals surface area (Å²) in [6, 6.07) is 5.86. The standard InChI is InChI=1S/C16H25NO3/c1-12(17)13-7-8-15(16(11-13)18-2)20-10-4-6-14-5-3-9-19-14/h7-8,11-12,14H,3-6,9-10,17H2,1-2H3. The number of hydrogen-bond acceptors (Lipinski definition) is 4. The van der Waals surface area contributed by atoms with Crippen molar-refractivity contribution < 1.29 is 14.2 Å². The van der Waals surface area contributed by atoms with E-state index in [-0.39, 0.29) is 6.04 Å². The Bertz CT molecular complexity index is 414. The molecule has 0 amide bonds. The van der Waals surface area contributed by atoms with Crippen molar-refractivity contribution in [3.63, 3.8) is 0 Å². The molecule has 1 aliphatic heterocycles. The molecule has 1 aliphatic rings. The minimum atomic E-state index is -0.00235. The lowest BCUT2D eigenvalue weighted by Crippen LogP contribution is -2.08. The van der Waals surface area contributed by atoms with Crippen molar-refractivity contribution in [3.8, 4) is 11.5 Å². The Labute approximate surface area is 121 Å². The van der Waals surface area contributed by atoms with Crippen LogP contribution in [-0.4, -0.2) is 26.4 Å². The van der Waals surface area contributed by atoms with Gasteiger partial charge in [-0.05, 0) is 50.3 Å². The van der Waals surface area contributed by atoms with Crippen molar-refractivity contribution in [1.29, 1.82) is 0 Å². The fourth-order valence-electron chi connectivity index (χ4n) is 2.45. The second-order valence-corrected chi connectivity index (χ2v) is 5.32. The minimum absolute atomic E-state index is 0.00235. The fourth-order valence-corrected chi connectivity index (χ4v) is 2.45. The number of ether oxygens (including phenoxy) is 3. The van der Waals surface area contributed by atoms with Gasteiger partial charge in [-0.1, -0.05) is 6.07 Å². The van der Waals surface area contributed by atoms with Crippen LogP contribution in [0.25, 0.3) is 0 Å². The van der Waals surface area contributed by atoms with Crippen LogP contribution in [0.15, 0.2) is 18.2 Å². The molecule has 112 valence electrons. The first kappa shape index (κ1) is 15.1. The van der Waals surface area contributed by atoms with Gasteiger partial charge in [0, 0.05) is 12.6 Å². The second kappa shape index (κ2) is 7.50. The Morgan fingerprint density at radius 2 is 2.25 bits per heavy atom. The molecule has 0 saturated carbocycles. The Kier molecular flexibility index (Phi) is 5.68. The minimum Gasteiger partial charge on any atom is -0.493 e. The third-order valence-electron chi connectivity index (χ3n) is 3.67. The van der Waals surface area contributed by atoms with Crippen molar-refractivity contribution in [2.24, 2.45) is 5.73 Å². The largest absolute Gasteiger partial charge is 0.493 e. The van der Waals surface area contributed by atoms with Crippen LogP contribution in [0.5, 0.6) is 11.5 Å². The van der Waals surface area contributed by atoms with Crippen LogP contribution in [0.3, 0.4) is 0 Å². The van der Waals surface area contributed by atoms with Crippen LogP contribution in [-0.2, 0) is 4.74 Å². The second-order valence-electron chi connectivity index (χ2n) is 5.32. The molecule has 1 aromatic rings. The van der Waals surface area contributed by atoms with Gasteiger partial charge >= 0.3 is 0 Å². The van der Waals surface area contributed by atoms with E-state index in [1.54, 1.807) is 7.11 Å². The molecule has 1 fully saturated rings. The highest BCUT2D eigenvalue weighted by Crippen LogP contribution is 2.30. The summed E-state index contributed by atoms with van der Waals surface area (Å²) in [7, 11) is 1.65. The molecule has 1 heterocycles. The number of nitrogens with two attached hydrogens (primary N) is 1. The Morgan fingerprint density at radius 1 is 1.40 bits per heavy atom. The van der Waals surface area contributed by atoms with Gasteiger partial charge in [0.1, 0.15) is 0 Å². The van der Waals surface area contributed by atoms with Gasteiger partial charge in [0.05, 0.1) is 19.8 Å². The van der Waals surface area contributed by atoms with E-state index in [2.05, 4.69) is 0 Å². The van der Waals surface area contributed by atoms with Gasteiger partial charge in [-0.3, -0.25) is 0 Å². The molecule has 2 unspecified atom stereocenters. The summed E-state index contributed by atoms with van der Waals surface area (Å²) in [6.45, 7) is 3.56. The summed E-state index contributed by atoms with van der Waals surface area (Å²) in [4.78, 5) is 0. The molecule has 1 aromatic carbocycles. The summed E-state index contributed by atoms with van der Waals surface area (Å²) in [5, 5.41) is 0. The third kappa shape index (κ3) is 4.12. The van der Waals surface area contributed by atoms with Crippen LogP contribution >= 0.6 is 0 Å². The van der Waals surface area contributed by atoms with E-state index in [1.165, 1.54) is 12.8 Å². The highest BCUT2D eigenvalue weighted by atomic mass is 16.5. The van der Waals surface area contributed by atoms with Crippen LogP contribution < -0.4 is 15.2 Å². The molecule has 4 nitrogen and oxygen atoms in total. The number of hydrogen-bond donors (Lipinski definition) is 1. The monoisotopic (exact) mass is 279 g/mol. The molecule has 4 heteroatoms. The van der Waals surface area contributed by atoms with Crippen molar-refractivity contribution in [2.75, 3.05) is 20.3 Å². The zero-order valence-electron chi connectivity index (χ0n) is 12.4. The topological polar surface area (TPSA) is 53.7 Å². The van der Waals surface area contributed by atoms with Gasteiger partial charge in [-0.15, -0.1) is 0 Å². The SMILES string of the molecule is COc1cc(C(C)N)ccc1OCCCC1CCCO1. The molecule has 2 rings (SSSR count). The zero-order valence-corrected chi connectivity index (χ0v) is 12.4. The van der Waals surface area contributed by atoms with E-state index >= 15 is 0 Å². The van der Waals surface area contributed by atoms with Crippen LogP contribution in [0, 0.1) is 0 Å². The first-order chi connectivity index (χ1) is 9.70. The van der Waals surface area contributed by atoms with E-state index in [0.29, 0.717) is 12.7 Å². The first-order valence-electron chi connectivity index (χ1n) is 7.38. The van der Waals surface area contributed by atoms with E-state index < -0.39 is 0 Å². The maximum Gasteiger partial charge on any atom is 0.161 e. The van der Waals surface area contributed by atoms with E-state index in [1.807, 2.05) is 25.1 Å². The average molecular weight is 279 g/mol. The molecule has 0 radical (unpaired) electrons. The lowest BCUT2D eigenvalue weighted by Gasteiger charge is -2.14. The van der Waals surface area contributed by atoms with Crippen molar-refractivity contribution in [1.82, 2.24) is 0 Å². The number of rotatable bonds is 7. The van der Waals surface area contributed by atoms with Crippen molar-refractivity contribution in [3.05, 3.63) is 23.8 Å². The maximum atomic E-state index is 5.87. The summed E-state index contributed by atoms with van der Waals surface area (Å²) in [5.41, 5.74) is 6.92. The predicted molar refractivity (Wildman–Crippen MR) is 79.3 cm³/mol. The first-order valence-corrected chi connectivity index (χ1v) is 7.38. The highest BCUT2D eigenvalue weighted by molar-refractivity contribution is 5.43. The fraction of sp³-hybridized carbons (Fsp3) is 0.625. The van der Waals surface area contributed by atoms with Gasteiger partial charge in [0.2, 0.25) is 0 Å². The molecule has 1 saturated heterocycles. The lowest BCUT2D eigenvalue weighted by molar-refractivity contribution is 0.0980. The van der Waals surface area contributed by atoms with Crippen LogP contribution in [0.4, 0.5) is 0 Å². The number of benzene rings is 1. The summed E-state index contributed by atoms with van der Waals surface area (Å²) in [5.74, 6) is 1.53. The van der Waals surface area contributed by atoms with Crippen molar-refractivity contribution >= 4 is 0 Å². The van der Waals surface area contributed by atoms with Gasteiger partial charge in [-0.25, -0.2) is 0 Å². The molecule has 0 bridgehead atoms. The molecule has 0 aromatic heterocycles. The third-order valence-corrected chi connectivity index (χ3v) is 3.67. The van der Waals surface area contributed by atoms with Gasteiger partial charge in [-0.2, -0.15) is 0 Å². The predicted octanol–water partition coefficient (Wildman–Crippen LogP) is 3.05. The molecule has 0 spiro atoms. The van der Waals surface area contributed by atoms with Crippen LogP contribution in [0.1, 0.15) is 44.2 Å². The number of methoxy groups -OCH3 is 1. The molecule has 2 N–H and O–H groups in total. The quantitative estimate of drug-likeness (QED) is 0.779. The summed E-state index contributed by atoms with van der Waals surface area (Å²) in [6.07, 6.45) is 4.88. The average Bonchev–Trinajstić information content (AvgIpc) is 2.96.